The van der Waals surface area contributed by atoms with Crippen LogP contribution in [0.1, 0.15) is 54.2 Å². The van der Waals surface area contributed by atoms with E-state index in [1.165, 1.54) is 45.6 Å². The predicted octanol–water partition coefficient (Wildman–Crippen LogP) is 2.32. The van der Waals surface area contributed by atoms with E-state index in [0.29, 0.717) is 29.6 Å². The molecule has 1 aromatic carbocycles. The van der Waals surface area contributed by atoms with Gasteiger partial charge in [-0.25, -0.2) is 9.07 Å². The van der Waals surface area contributed by atoms with Crippen LogP contribution < -0.4 is 5.84 Å². The van der Waals surface area contributed by atoms with Crippen LogP contribution in [0.3, 0.4) is 0 Å². The number of nitrogens with zero attached hydrogens (tertiary/aromatic N) is 4. The highest BCUT2D eigenvalue weighted by Gasteiger charge is 2.35. The van der Waals surface area contributed by atoms with Gasteiger partial charge in [-0.1, -0.05) is 18.2 Å². The van der Waals surface area contributed by atoms with Crippen LogP contribution in [-0.2, 0) is 4.79 Å². The number of hydrogen-bond acceptors (Lipinski definition) is 6. The second-order valence-corrected chi connectivity index (χ2v) is 8.06. The number of thioether (sulfide) groups is 1. The molecule has 2 fully saturated rings. The summed E-state index contributed by atoms with van der Waals surface area (Å²) in [7, 11) is 0. The lowest BCUT2D eigenvalue weighted by Gasteiger charge is -2.22. The molecule has 142 valence electrons. The molecular formula is C18H20FN5O2S. The van der Waals surface area contributed by atoms with Crippen molar-refractivity contribution >= 4 is 23.6 Å². The molecule has 1 unspecified atom stereocenters. The van der Waals surface area contributed by atoms with Gasteiger partial charge in [0.2, 0.25) is 11.1 Å². The van der Waals surface area contributed by atoms with Crippen LogP contribution in [-0.4, -0.2) is 43.4 Å². The number of benzene rings is 1. The lowest BCUT2D eigenvalue weighted by Crippen LogP contribution is -2.41. The van der Waals surface area contributed by atoms with Crippen LogP contribution in [0.25, 0.3) is 0 Å². The maximum Gasteiger partial charge on any atom is 0.260 e. The normalized spacial score (nSPS) is 20.6. The first-order valence-corrected chi connectivity index (χ1v) is 9.91. The number of likely N-dealkylation sites (tertiary alicyclic amines) is 1. The van der Waals surface area contributed by atoms with Gasteiger partial charge in [0.05, 0.1) is 5.25 Å². The first-order chi connectivity index (χ1) is 13.0. The number of halogens is 1. The van der Waals surface area contributed by atoms with E-state index in [0.717, 1.165) is 31.5 Å². The van der Waals surface area contributed by atoms with Gasteiger partial charge in [0.1, 0.15) is 5.82 Å². The van der Waals surface area contributed by atoms with E-state index in [2.05, 4.69) is 10.2 Å². The SMILES string of the molecule is Nn1c(SC2CCCCN(C(=O)c3ccc(F)cc3)C2=O)nnc1C1CC1. The summed E-state index contributed by atoms with van der Waals surface area (Å²) in [5, 5.41) is 8.31. The molecule has 0 spiro atoms. The van der Waals surface area contributed by atoms with Gasteiger partial charge in [0, 0.05) is 18.0 Å². The number of rotatable bonds is 4. The molecule has 0 radical (unpaired) electrons. The van der Waals surface area contributed by atoms with Crippen LogP contribution in [0.4, 0.5) is 4.39 Å². The number of imide groups is 1. The number of carbonyl (C=O) groups excluding carboxylic acids is 2. The van der Waals surface area contributed by atoms with Crippen LogP contribution in [0.15, 0.2) is 29.4 Å². The smallest absolute Gasteiger partial charge is 0.260 e. The molecule has 2 heterocycles. The van der Waals surface area contributed by atoms with Crippen LogP contribution >= 0.6 is 11.8 Å². The number of aromatic nitrogens is 3. The van der Waals surface area contributed by atoms with Gasteiger partial charge in [0.15, 0.2) is 5.82 Å². The van der Waals surface area contributed by atoms with Gasteiger partial charge in [-0.2, -0.15) is 0 Å². The summed E-state index contributed by atoms with van der Waals surface area (Å²) in [6.45, 7) is 0.356. The maximum atomic E-state index is 13.1. The molecule has 1 atom stereocenters. The Bertz CT molecular complexity index is 865. The fourth-order valence-corrected chi connectivity index (χ4v) is 4.24. The minimum absolute atomic E-state index is 0.261. The molecule has 1 aliphatic heterocycles. The molecule has 2 aliphatic rings. The summed E-state index contributed by atoms with van der Waals surface area (Å²) in [5.41, 5.74) is 0.299. The first-order valence-electron chi connectivity index (χ1n) is 9.03. The van der Waals surface area contributed by atoms with Crippen molar-refractivity contribution < 1.29 is 14.0 Å². The number of nitrogens with two attached hydrogens (primary N) is 1. The van der Waals surface area contributed by atoms with E-state index in [9.17, 15) is 14.0 Å². The van der Waals surface area contributed by atoms with Crippen molar-refractivity contribution in [1.29, 1.82) is 0 Å². The van der Waals surface area contributed by atoms with Crippen LogP contribution in [0, 0.1) is 5.82 Å². The first kappa shape index (κ1) is 18.0. The minimum atomic E-state index is -0.449. The van der Waals surface area contributed by atoms with Gasteiger partial charge >= 0.3 is 0 Å². The Balaban J connectivity index is 1.52. The molecule has 1 aliphatic carbocycles. The second kappa shape index (κ2) is 7.30. The minimum Gasteiger partial charge on any atom is -0.336 e. The van der Waals surface area contributed by atoms with E-state index >= 15 is 0 Å². The highest BCUT2D eigenvalue weighted by atomic mass is 32.2. The molecule has 1 saturated heterocycles. The fraction of sp³-hybridized carbons (Fsp3) is 0.444. The van der Waals surface area contributed by atoms with Crippen molar-refractivity contribution in [1.82, 2.24) is 19.8 Å². The van der Waals surface area contributed by atoms with Gasteiger partial charge in [0.25, 0.3) is 5.91 Å². The zero-order valence-corrected chi connectivity index (χ0v) is 15.5. The molecule has 2 aromatic rings. The summed E-state index contributed by atoms with van der Waals surface area (Å²) < 4.78 is 14.6. The highest BCUT2D eigenvalue weighted by Crippen LogP contribution is 2.40. The van der Waals surface area contributed by atoms with Gasteiger partial charge in [-0.05, 0) is 49.9 Å². The third-order valence-corrected chi connectivity index (χ3v) is 6.07. The standard InChI is InChI=1S/C18H20FN5O2S/c19-13-8-6-12(7-9-13)16(25)23-10-2-1-3-14(17(23)26)27-18-22-21-15(24(18)20)11-4-5-11/h6-9,11,14H,1-5,10,20H2. The molecule has 9 heteroatoms. The van der Waals surface area contributed by atoms with Crippen molar-refractivity contribution in [2.45, 2.75) is 48.4 Å². The third kappa shape index (κ3) is 3.69. The fourth-order valence-electron chi connectivity index (χ4n) is 3.18. The molecule has 2 N–H and O–H groups in total. The summed E-state index contributed by atoms with van der Waals surface area (Å²) in [6.07, 6.45) is 4.32. The Labute approximate surface area is 160 Å². The van der Waals surface area contributed by atoms with E-state index in [-0.39, 0.29) is 5.91 Å². The van der Waals surface area contributed by atoms with E-state index in [4.69, 9.17) is 5.84 Å². The lowest BCUT2D eigenvalue weighted by atomic mass is 10.2. The lowest BCUT2D eigenvalue weighted by molar-refractivity contribution is -0.127. The maximum absolute atomic E-state index is 13.1. The monoisotopic (exact) mass is 389 g/mol. The topological polar surface area (TPSA) is 94.1 Å². The molecule has 27 heavy (non-hydrogen) atoms. The van der Waals surface area contributed by atoms with Crippen LogP contribution in [0.5, 0.6) is 0 Å². The van der Waals surface area contributed by atoms with Gasteiger partial charge in [-0.15, -0.1) is 10.2 Å². The number of hydrogen-bond donors (Lipinski definition) is 1. The summed E-state index contributed by atoms with van der Waals surface area (Å²) in [6, 6.07) is 5.24. The molecule has 7 nitrogen and oxygen atoms in total. The van der Waals surface area contributed by atoms with Crippen molar-refractivity contribution in [2.75, 3.05) is 12.4 Å². The molecule has 1 saturated carbocycles. The molecule has 0 bridgehead atoms. The Morgan fingerprint density at radius 3 is 2.59 bits per heavy atom. The van der Waals surface area contributed by atoms with Crippen LogP contribution in [0.2, 0.25) is 0 Å². The Kier molecular flexibility index (Phi) is 4.86. The average Bonchev–Trinajstić information content (AvgIpc) is 3.46. The van der Waals surface area contributed by atoms with E-state index < -0.39 is 17.0 Å². The van der Waals surface area contributed by atoms with Gasteiger partial charge < -0.3 is 5.84 Å². The second-order valence-electron chi connectivity index (χ2n) is 6.89. The summed E-state index contributed by atoms with van der Waals surface area (Å²) in [5.74, 6) is 6.11. The van der Waals surface area contributed by atoms with Gasteiger partial charge in [-0.3, -0.25) is 14.5 Å². The zero-order valence-electron chi connectivity index (χ0n) is 14.7. The molecule has 4 rings (SSSR count). The van der Waals surface area contributed by atoms with Crippen molar-refractivity contribution in [3.63, 3.8) is 0 Å². The number of carbonyl (C=O) groups is 2. The van der Waals surface area contributed by atoms with Crippen molar-refractivity contribution in [3.8, 4) is 0 Å². The Morgan fingerprint density at radius 1 is 1.15 bits per heavy atom. The molecular weight excluding hydrogens is 369 g/mol. The summed E-state index contributed by atoms with van der Waals surface area (Å²) in [4.78, 5) is 27.0. The third-order valence-electron chi connectivity index (χ3n) is 4.86. The molecule has 1 aromatic heterocycles. The Morgan fingerprint density at radius 2 is 1.89 bits per heavy atom. The predicted molar refractivity (Wildman–Crippen MR) is 98.1 cm³/mol. The molecule has 2 amide bonds. The zero-order chi connectivity index (χ0) is 19.0. The average molecular weight is 389 g/mol. The summed E-state index contributed by atoms with van der Waals surface area (Å²) >= 11 is 1.26. The van der Waals surface area contributed by atoms with Crippen molar-refractivity contribution in [3.05, 3.63) is 41.5 Å². The Hall–Kier alpha value is -2.42. The van der Waals surface area contributed by atoms with E-state index in [1.807, 2.05) is 0 Å². The quantitative estimate of drug-likeness (QED) is 0.637. The largest absolute Gasteiger partial charge is 0.336 e. The highest BCUT2D eigenvalue weighted by molar-refractivity contribution is 8.00. The van der Waals surface area contributed by atoms with Crippen molar-refractivity contribution in [2.24, 2.45) is 0 Å². The number of nitrogen functional groups attached to an aromatic ring is 1. The van der Waals surface area contributed by atoms with E-state index in [1.54, 1.807) is 0 Å². The number of amides is 2.